The Morgan fingerprint density at radius 1 is 1.17 bits per heavy atom. The molecular formula is C17H20N4O2. The van der Waals surface area contributed by atoms with Crippen LogP contribution in [0.3, 0.4) is 0 Å². The summed E-state index contributed by atoms with van der Waals surface area (Å²) in [7, 11) is 0. The Morgan fingerprint density at radius 3 is 3.00 bits per heavy atom. The molecule has 1 aliphatic carbocycles. The molecule has 2 aliphatic rings. The molecule has 1 saturated carbocycles. The van der Waals surface area contributed by atoms with E-state index in [0.29, 0.717) is 19.3 Å². The van der Waals surface area contributed by atoms with E-state index in [1.54, 1.807) is 18.7 Å². The van der Waals surface area contributed by atoms with Gasteiger partial charge < -0.3 is 14.4 Å². The summed E-state index contributed by atoms with van der Waals surface area (Å²) >= 11 is 0. The highest BCUT2D eigenvalue weighted by atomic mass is 16.5. The highest BCUT2D eigenvalue weighted by Gasteiger charge is 2.43. The van der Waals surface area contributed by atoms with Crippen LogP contribution in [-0.4, -0.2) is 46.4 Å². The lowest BCUT2D eigenvalue weighted by atomic mass is 10.1. The minimum atomic E-state index is 0.0995. The molecule has 0 radical (unpaired) electrons. The highest BCUT2D eigenvalue weighted by molar-refractivity contribution is 5.40. The minimum Gasteiger partial charge on any atom is -0.372 e. The standard InChI is InChI=1S/C17H20N4O2/c1-2-7-19-13(3-1)11-23-15-5-4-14-17(15)22-10-9-21(14)16-6-8-18-12-20-16/h1-3,6-8,12,14-15,17H,4-5,9-11H2/t14-,15-,17+/m1/s1. The molecule has 2 aromatic rings. The largest absolute Gasteiger partial charge is 0.372 e. The Kier molecular flexibility index (Phi) is 4.17. The first-order valence-electron chi connectivity index (χ1n) is 8.07. The fourth-order valence-corrected chi connectivity index (χ4v) is 3.51. The molecule has 2 fully saturated rings. The Balaban J connectivity index is 1.43. The summed E-state index contributed by atoms with van der Waals surface area (Å²) < 4.78 is 12.1. The van der Waals surface area contributed by atoms with Crippen molar-refractivity contribution in [3.63, 3.8) is 0 Å². The van der Waals surface area contributed by atoms with Crippen LogP contribution in [0.4, 0.5) is 5.82 Å². The fraction of sp³-hybridized carbons (Fsp3) is 0.471. The Hall–Kier alpha value is -2.05. The number of pyridine rings is 1. The van der Waals surface area contributed by atoms with Gasteiger partial charge in [-0.05, 0) is 31.0 Å². The van der Waals surface area contributed by atoms with Gasteiger partial charge in [-0.1, -0.05) is 6.07 Å². The average Bonchev–Trinajstić information content (AvgIpc) is 3.05. The number of nitrogens with zero attached hydrogens (tertiary/aromatic N) is 4. The molecule has 0 N–H and O–H groups in total. The average molecular weight is 312 g/mol. The maximum atomic E-state index is 6.10. The Labute approximate surface area is 135 Å². The van der Waals surface area contributed by atoms with Gasteiger partial charge in [-0.2, -0.15) is 0 Å². The van der Waals surface area contributed by atoms with Gasteiger partial charge in [0.15, 0.2) is 0 Å². The van der Waals surface area contributed by atoms with Crippen LogP contribution in [0.25, 0.3) is 0 Å². The number of hydrogen-bond acceptors (Lipinski definition) is 6. The van der Waals surface area contributed by atoms with E-state index in [0.717, 1.165) is 30.9 Å². The van der Waals surface area contributed by atoms with Crippen molar-refractivity contribution in [3.8, 4) is 0 Å². The van der Waals surface area contributed by atoms with Crippen LogP contribution in [0.5, 0.6) is 0 Å². The first-order chi connectivity index (χ1) is 11.4. The van der Waals surface area contributed by atoms with E-state index in [9.17, 15) is 0 Å². The van der Waals surface area contributed by atoms with Gasteiger partial charge in [0.2, 0.25) is 0 Å². The topological polar surface area (TPSA) is 60.4 Å². The van der Waals surface area contributed by atoms with Crippen molar-refractivity contribution in [2.24, 2.45) is 0 Å². The molecule has 2 aromatic heterocycles. The molecule has 6 heteroatoms. The maximum absolute atomic E-state index is 6.10. The van der Waals surface area contributed by atoms with Crippen LogP contribution in [0.1, 0.15) is 18.5 Å². The first kappa shape index (κ1) is 14.5. The molecule has 3 atom stereocenters. The number of hydrogen-bond donors (Lipinski definition) is 0. The number of fused-ring (bicyclic) bond motifs is 1. The zero-order chi connectivity index (χ0) is 15.5. The van der Waals surface area contributed by atoms with E-state index in [1.807, 2.05) is 24.3 Å². The van der Waals surface area contributed by atoms with Gasteiger partial charge in [0.25, 0.3) is 0 Å². The van der Waals surface area contributed by atoms with Crippen LogP contribution in [0.15, 0.2) is 43.0 Å². The van der Waals surface area contributed by atoms with Crippen molar-refractivity contribution < 1.29 is 9.47 Å². The summed E-state index contributed by atoms with van der Waals surface area (Å²) in [6.07, 6.45) is 7.46. The molecule has 4 rings (SSSR count). The van der Waals surface area contributed by atoms with Crippen molar-refractivity contribution in [2.75, 3.05) is 18.1 Å². The third-order valence-corrected chi connectivity index (χ3v) is 4.57. The molecule has 1 saturated heterocycles. The van der Waals surface area contributed by atoms with Gasteiger partial charge in [0.1, 0.15) is 18.2 Å². The highest BCUT2D eigenvalue weighted by Crippen LogP contribution is 2.34. The summed E-state index contributed by atoms with van der Waals surface area (Å²) in [4.78, 5) is 15.0. The van der Waals surface area contributed by atoms with Gasteiger partial charge >= 0.3 is 0 Å². The predicted molar refractivity (Wildman–Crippen MR) is 85.0 cm³/mol. The first-order valence-corrected chi connectivity index (χ1v) is 8.07. The van der Waals surface area contributed by atoms with Crippen LogP contribution in [0, 0.1) is 0 Å². The van der Waals surface area contributed by atoms with Crippen molar-refractivity contribution in [2.45, 2.75) is 37.7 Å². The van der Waals surface area contributed by atoms with E-state index in [1.165, 1.54) is 0 Å². The van der Waals surface area contributed by atoms with Gasteiger partial charge in [-0.3, -0.25) is 4.98 Å². The molecule has 0 bridgehead atoms. The molecule has 0 unspecified atom stereocenters. The lowest BCUT2D eigenvalue weighted by Gasteiger charge is -2.39. The Morgan fingerprint density at radius 2 is 2.17 bits per heavy atom. The fourth-order valence-electron chi connectivity index (χ4n) is 3.51. The van der Waals surface area contributed by atoms with Gasteiger partial charge in [0, 0.05) is 18.9 Å². The number of morpholine rings is 1. The van der Waals surface area contributed by atoms with Gasteiger partial charge in [-0.15, -0.1) is 0 Å². The third-order valence-electron chi connectivity index (χ3n) is 4.57. The lowest BCUT2D eigenvalue weighted by molar-refractivity contribution is -0.0777. The molecule has 1 aliphatic heterocycles. The van der Waals surface area contributed by atoms with Crippen LogP contribution < -0.4 is 4.90 Å². The predicted octanol–water partition coefficient (Wildman–Crippen LogP) is 1.82. The molecule has 0 spiro atoms. The molecule has 6 nitrogen and oxygen atoms in total. The number of anilines is 1. The van der Waals surface area contributed by atoms with Crippen LogP contribution in [0.2, 0.25) is 0 Å². The molecule has 23 heavy (non-hydrogen) atoms. The van der Waals surface area contributed by atoms with E-state index in [2.05, 4.69) is 19.9 Å². The summed E-state index contributed by atoms with van der Waals surface area (Å²) in [5, 5.41) is 0. The second kappa shape index (κ2) is 6.60. The SMILES string of the molecule is c1ccc(CO[C@@H]2CC[C@@H]3[C@@H]2OCCN3c2ccncn2)nc1. The normalized spacial score (nSPS) is 27.0. The number of aromatic nitrogens is 3. The summed E-state index contributed by atoms with van der Waals surface area (Å²) in [5.41, 5.74) is 0.958. The lowest BCUT2D eigenvalue weighted by Crippen LogP contribution is -2.52. The monoisotopic (exact) mass is 312 g/mol. The number of rotatable bonds is 4. The maximum Gasteiger partial charge on any atom is 0.132 e. The molecule has 0 amide bonds. The molecular weight excluding hydrogens is 292 g/mol. The van der Waals surface area contributed by atoms with Crippen LogP contribution in [-0.2, 0) is 16.1 Å². The summed E-state index contributed by atoms with van der Waals surface area (Å²) in [6.45, 7) is 2.10. The summed E-state index contributed by atoms with van der Waals surface area (Å²) in [6, 6.07) is 8.18. The van der Waals surface area contributed by atoms with Crippen molar-refractivity contribution in [1.29, 1.82) is 0 Å². The van der Waals surface area contributed by atoms with E-state index < -0.39 is 0 Å². The molecule has 120 valence electrons. The smallest absolute Gasteiger partial charge is 0.132 e. The van der Waals surface area contributed by atoms with Crippen molar-refractivity contribution in [1.82, 2.24) is 15.0 Å². The van der Waals surface area contributed by atoms with Gasteiger partial charge in [0.05, 0.1) is 31.1 Å². The third kappa shape index (κ3) is 3.04. The van der Waals surface area contributed by atoms with E-state index in [4.69, 9.17) is 9.47 Å². The quantitative estimate of drug-likeness (QED) is 0.858. The van der Waals surface area contributed by atoms with Crippen LogP contribution >= 0.6 is 0 Å². The Bertz CT molecular complexity index is 625. The summed E-state index contributed by atoms with van der Waals surface area (Å²) in [5.74, 6) is 0.976. The molecule has 3 heterocycles. The van der Waals surface area contributed by atoms with Crippen molar-refractivity contribution in [3.05, 3.63) is 48.7 Å². The number of ether oxygens (including phenoxy) is 2. The van der Waals surface area contributed by atoms with E-state index in [-0.39, 0.29) is 12.2 Å². The minimum absolute atomic E-state index is 0.0995. The molecule has 0 aromatic carbocycles. The van der Waals surface area contributed by atoms with Gasteiger partial charge in [-0.25, -0.2) is 9.97 Å². The van der Waals surface area contributed by atoms with Crippen molar-refractivity contribution >= 4 is 5.82 Å². The second-order valence-corrected chi connectivity index (χ2v) is 5.91. The second-order valence-electron chi connectivity index (χ2n) is 5.91. The van der Waals surface area contributed by atoms with E-state index >= 15 is 0 Å². The zero-order valence-electron chi connectivity index (χ0n) is 12.9. The zero-order valence-corrected chi connectivity index (χ0v) is 12.9.